The molecular formula is C14H7BrFN3S. The van der Waals surface area contributed by atoms with Gasteiger partial charge in [0.1, 0.15) is 17.7 Å². The second-order valence-electron chi connectivity index (χ2n) is 4.08. The molecule has 3 rings (SSSR count). The molecule has 0 amide bonds. The van der Waals surface area contributed by atoms with E-state index in [0.29, 0.717) is 22.4 Å². The topological polar surface area (TPSA) is 52.5 Å². The third-order valence-corrected chi connectivity index (χ3v) is 4.33. The molecule has 6 heteroatoms. The van der Waals surface area contributed by atoms with Gasteiger partial charge in [-0.25, -0.2) is 9.37 Å². The Kier molecular flexibility index (Phi) is 3.38. The average molecular weight is 348 g/mol. The molecule has 0 spiro atoms. The van der Waals surface area contributed by atoms with Gasteiger partial charge >= 0.3 is 0 Å². The number of hydrogen-bond acceptors (Lipinski definition) is 3. The van der Waals surface area contributed by atoms with Gasteiger partial charge in [0.05, 0.1) is 16.6 Å². The van der Waals surface area contributed by atoms with Gasteiger partial charge in [-0.3, -0.25) is 0 Å². The number of nitrogens with one attached hydrogen (secondary N) is 1. The molecule has 3 aromatic rings. The Bertz CT molecular complexity index is 857. The van der Waals surface area contributed by atoms with Crippen LogP contribution in [0.2, 0.25) is 0 Å². The SMILES string of the molecule is N#C/C(=C/c1cc(Br)cs1)c1nc2ccc(F)cc2[nH]1. The van der Waals surface area contributed by atoms with Gasteiger partial charge in [-0.1, -0.05) is 0 Å². The van der Waals surface area contributed by atoms with Crippen molar-refractivity contribution in [3.8, 4) is 6.07 Å². The van der Waals surface area contributed by atoms with Gasteiger partial charge in [-0.2, -0.15) is 5.26 Å². The highest BCUT2D eigenvalue weighted by Gasteiger charge is 2.09. The highest BCUT2D eigenvalue weighted by Crippen LogP contribution is 2.25. The van der Waals surface area contributed by atoms with Crippen LogP contribution in [-0.2, 0) is 0 Å². The minimum Gasteiger partial charge on any atom is -0.337 e. The summed E-state index contributed by atoms with van der Waals surface area (Å²) in [5.41, 5.74) is 1.62. The Balaban J connectivity index is 2.07. The second-order valence-corrected chi connectivity index (χ2v) is 5.94. The Morgan fingerprint density at radius 1 is 1.45 bits per heavy atom. The number of allylic oxidation sites excluding steroid dienone is 1. The zero-order chi connectivity index (χ0) is 14.1. The van der Waals surface area contributed by atoms with E-state index in [1.807, 2.05) is 11.4 Å². The average Bonchev–Trinajstić information content (AvgIpc) is 3.01. The summed E-state index contributed by atoms with van der Waals surface area (Å²) in [5, 5.41) is 11.2. The lowest BCUT2D eigenvalue weighted by molar-refractivity contribution is 0.629. The smallest absolute Gasteiger partial charge is 0.149 e. The molecule has 20 heavy (non-hydrogen) atoms. The molecule has 0 saturated heterocycles. The van der Waals surface area contributed by atoms with Crippen LogP contribution in [0.25, 0.3) is 22.7 Å². The fourth-order valence-corrected chi connectivity index (χ4v) is 3.19. The Hall–Kier alpha value is -1.97. The monoisotopic (exact) mass is 347 g/mol. The summed E-state index contributed by atoms with van der Waals surface area (Å²) in [7, 11) is 0. The number of H-pyrrole nitrogens is 1. The van der Waals surface area contributed by atoms with Gasteiger partial charge in [-0.15, -0.1) is 11.3 Å². The maximum absolute atomic E-state index is 13.1. The normalized spacial score (nSPS) is 11.8. The Morgan fingerprint density at radius 3 is 3.00 bits per heavy atom. The fraction of sp³-hybridized carbons (Fsp3) is 0. The van der Waals surface area contributed by atoms with Gasteiger partial charge in [0.25, 0.3) is 0 Å². The lowest BCUT2D eigenvalue weighted by atomic mass is 10.2. The van der Waals surface area contributed by atoms with Crippen LogP contribution in [0.3, 0.4) is 0 Å². The number of aromatic amines is 1. The van der Waals surface area contributed by atoms with Crippen molar-refractivity contribution >= 4 is 49.9 Å². The van der Waals surface area contributed by atoms with Crippen molar-refractivity contribution in [3.05, 3.63) is 50.6 Å². The van der Waals surface area contributed by atoms with Crippen LogP contribution in [0.15, 0.2) is 34.1 Å². The molecule has 0 aliphatic rings. The molecule has 0 atom stereocenters. The number of thiophene rings is 1. The van der Waals surface area contributed by atoms with Crippen molar-refractivity contribution in [1.82, 2.24) is 9.97 Å². The van der Waals surface area contributed by atoms with Gasteiger partial charge in [0.2, 0.25) is 0 Å². The van der Waals surface area contributed by atoms with E-state index in [4.69, 9.17) is 0 Å². The quantitative estimate of drug-likeness (QED) is 0.689. The van der Waals surface area contributed by atoms with Crippen LogP contribution in [-0.4, -0.2) is 9.97 Å². The largest absolute Gasteiger partial charge is 0.337 e. The van der Waals surface area contributed by atoms with Crippen LogP contribution in [0.4, 0.5) is 4.39 Å². The number of rotatable bonds is 2. The third-order valence-electron chi connectivity index (χ3n) is 2.69. The molecule has 0 radical (unpaired) electrons. The Morgan fingerprint density at radius 2 is 2.30 bits per heavy atom. The third kappa shape index (κ3) is 2.50. The number of nitrogens with zero attached hydrogens (tertiary/aromatic N) is 2. The summed E-state index contributed by atoms with van der Waals surface area (Å²) in [6.07, 6.45) is 1.75. The summed E-state index contributed by atoms with van der Waals surface area (Å²) in [6.45, 7) is 0. The predicted molar refractivity (Wildman–Crippen MR) is 81.6 cm³/mol. The molecule has 0 aliphatic carbocycles. The molecule has 98 valence electrons. The van der Waals surface area contributed by atoms with Crippen LogP contribution in [0.1, 0.15) is 10.7 Å². The van der Waals surface area contributed by atoms with E-state index < -0.39 is 0 Å². The van der Waals surface area contributed by atoms with Crippen molar-refractivity contribution in [3.63, 3.8) is 0 Å². The van der Waals surface area contributed by atoms with E-state index in [9.17, 15) is 9.65 Å². The molecular weight excluding hydrogens is 341 g/mol. The molecule has 0 bridgehead atoms. The number of benzene rings is 1. The minimum absolute atomic E-state index is 0.336. The molecule has 3 nitrogen and oxygen atoms in total. The predicted octanol–water partition coefficient (Wildman–Crippen LogP) is 4.59. The second kappa shape index (κ2) is 5.19. The molecule has 2 aromatic heterocycles. The number of nitriles is 1. The van der Waals surface area contributed by atoms with Crippen molar-refractivity contribution < 1.29 is 4.39 Å². The van der Waals surface area contributed by atoms with Gasteiger partial charge in [0, 0.05) is 14.7 Å². The van der Waals surface area contributed by atoms with E-state index in [0.717, 1.165) is 9.35 Å². The molecule has 0 fully saturated rings. The first-order valence-electron chi connectivity index (χ1n) is 5.67. The molecule has 0 aliphatic heterocycles. The van der Waals surface area contributed by atoms with Crippen LogP contribution in [0, 0.1) is 17.1 Å². The highest BCUT2D eigenvalue weighted by atomic mass is 79.9. The van der Waals surface area contributed by atoms with Gasteiger partial charge in [0.15, 0.2) is 0 Å². The van der Waals surface area contributed by atoms with E-state index in [1.54, 1.807) is 12.1 Å². The van der Waals surface area contributed by atoms with Crippen LogP contribution in [0.5, 0.6) is 0 Å². The maximum Gasteiger partial charge on any atom is 0.149 e. The van der Waals surface area contributed by atoms with Crippen LogP contribution >= 0.6 is 27.3 Å². The summed E-state index contributed by atoms with van der Waals surface area (Å²) in [4.78, 5) is 8.22. The van der Waals surface area contributed by atoms with Crippen molar-refractivity contribution in [2.75, 3.05) is 0 Å². The molecule has 2 heterocycles. The van der Waals surface area contributed by atoms with E-state index >= 15 is 0 Å². The summed E-state index contributed by atoms with van der Waals surface area (Å²) in [6, 6.07) is 8.33. The van der Waals surface area contributed by atoms with E-state index in [1.165, 1.54) is 23.5 Å². The van der Waals surface area contributed by atoms with Gasteiger partial charge in [-0.05, 0) is 46.3 Å². The lowest BCUT2D eigenvalue weighted by Gasteiger charge is -1.91. The molecule has 0 saturated carbocycles. The summed E-state index contributed by atoms with van der Waals surface area (Å²) < 4.78 is 14.1. The molecule has 0 unspecified atom stereocenters. The zero-order valence-corrected chi connectivity index (χ0v) is 12.4. The standard InChI is InChI=1S/C14H7BrFN3S/c15-9-4-11(20-7-9)3-8(6-17)14-18-12-2-1-10(16)5-13(12)19-14/h1-5,7H,(H,18,19)/b8-3-. The van der Waals surface area contributed by atoms with E-state index in [2.05, 4.69) is 32.0 Å². The minimum atomic E-state index is -0.336. The Labute approximate surface area is 126 Å². The molecule has 1 aromatic carbocycles. The molecule has 1 N–H and O–H groups in total. The first-order chi connectivity index (χ1) is 9.65. The number of imidazole rings is 1. The number of aromatic nitrogens is 2. The maximum atomic E-state index is 13.1. The first-order valence-corrected chi connectivity index (χ1v) is 7.34. The van der Waals surface area contributed by atoms with Gasteiger partial charge < -0.3 is 4.98 Å². The lowest BCUT2D eigenvalue weighted by Crippen LogP contribution is -1.83. The van der Waals surface area contributed by atoms with Crippen LogP contribution < -0.4 is 0 Å². The fourth-order valence-electron chi connectivity index (χ4n) is 1.81. The summed E-state index contributed by atoms with van der Waals surface area (Å²) >= 11 is 4.89. The van der Waals surface area contributed by atoms with E-state index in [-0.39, 0.29) is 5.82 Å². The number of hydrogen-bond donors (Lipinski definition) is 1. The van der Waals surface area contributed by atoms with Crippen molar-refractivity contribution in [2.24, 2.45) is 0 Å². The van der Waals surface area contributed by atoms with Crippen molar-refractivity contribution in [2.45, 2.75) is 0 Å². The number of halogens is 2. The highest BCUT2D eigenvalue weighted by molar-refractivity contribution is 9.10. The first kappa shape index (κ1) is 13.0. The summed E-state index contributed by atoms with van der Waals surface area (Å²) in [5.74, 6) is 0.106. The zero-order valence-electron chi connectivity index (χ0n) is 10.0. The van der Waals surface area contributed by atoms with Crippen molar-refractivity contribution in [1.29, 1.82) is 5.26 Å². The number of fused-ring (bicyclic) bond motifs is 1.